The van der Waals surface area contributed by atoms with Crippen molar-refractivity contribution in [2.45, 2.75) is 25.7 Å². The van der Waals surface area contributed by atoms with Crippen LogP contribution in [-0.2, 0) is 10.0 Å². The van der Waals surface area contributed by atoms with E-state index in [1.807, 2.05) is 13.0 Å². The van der Waals surface area contributed by atoms with Crippen LogP contribution in [0.2, 0.25) is 0 Å². The predicted molar refractivity (Wildman–Crippen MR) is 87.6 cm³/mol. The zero-order chi connectivity index (χ0) is 15.6. The Morgan fingerprint density at radius 1 is 1.14 bits per heavy atom. The Hall–Kier alpha value is -1.59. The number of nitrogen functional groups attached to an aromatic ring is 1. The fourth-order valence-electron chi connectivity index (χ4n) is 2.06. The Kier molecular flexibility index (Phi) is 4.54. The lowest BCUT2D eigenvalue weighted by Crippen LogP contribution is -2.30. The maximum atomic E-state index is 12.5. The topological polar surface area (TPSA) is 72.2 Å². The highest BCUT2D eigenvalue weighted by Gasteiger charge is 2.18. The van der Waals surface area contributed by atoms with E-state index >= 15 is 0 Å². The lowest BCUT2D eigenvalue weighted by molar-refractivity contribution is 0.415. The third kappa shape index (κ3) is 3.54. The maximum absolute atomic E-state index is 12.5. The third-order valence-electron chi connectivity index (χ3n) is 3.89. The summed E-state index contributed by atoms with van der Waals surface area (Å²) in [7, 11) is -3.52. The highest BCUT2D eigenvalue weighted by Crippen LogP contribution is 2.25. The minimum atomic E-state index is -3.52. The van der Waals surface area contributed by atoms with Gasteiger partial charge in [-0.25, -0.2) is 13.1 Å². The Bertz CT molecular complexity index is 739. The van der Waals surface area contributed by atoms with E-state index in [1.165, 1.54) is 0 Å². The average Bonchev–Trinajstić information content (AvgIpc) is 2.43. The molecule has 0 amide bonds. The lowest BCUT2D eigenvalue weighted by atomic mass is 9.99. The molecule has 0 aliphatic rings. The second kappa shape index (κ2) is 6.03. The van der Waals surface area contributed by atoms with Crippen LogP contribution in [0.4, 0.5) is 5.69 Å². The van der Waals surface area contributed by atoms with E-state index < -0.39 is 10.0 Å². The van der Waals surface area contributed by atoms with Gasteiger partial charge in [-0.05, 0) is 35.4 Å². The Labute approximate surface area is 126 Å². The average molecular weight is 306 g/mol. The van der Waals surface area contributed by atoms with E-state index in [0.717, 1.165) is 5.39 Å². The number of benzene rings is 2. The molecule has 0 aliphatic heterocycles. The van der Waals surface area contributed by atoms with E-state index in [0.29, 0.717) is 28.4 Å². The standard InChI is InChI=1S/C16H22N2O2S/c1-11(2)12(3)10-18-21(19,20)16-6-4-5-13-9-14(17)7-8-15(13)16/h4-9,11-12,18H,10,17H2,1-3H3. The molecular formula is C16H22N2O2S. The van der Waals surface area contributed by atoms with Crippen molar-refractivity contribution >= 4 is 26.5 Å². The van der Waals surface area contributed by atoms with Crippen LogP contribution in [0.15, 0.2) is 41.3 Å². The summed E-state index contributed by atoms with van der Waals surface area (Å²) < 4.78 is 27.7. The van der Waals surface area contributed by atoms with Crippen LogP contribution in [0.3, 0.4) is 0 Å². The predicted octanol–water partition coefficient (Wildman–Crippen LogP) is 2.99. The Morgan fingerprint density at radius 2 is 1.86 bits per heavy atom. The van der Waals surface area contributed by atoms with Crippen molar-refractivity contribution in [3.05, 3.63) is 36.4 Å². The first kappa shape index (κ1) is 15.8. The lowest BCUT2D eigenvalue weighted by Gasteiger charge is -2.17. The van der Waals surface area contributed by atoms with Crippen molar-refractivity contribution in [3.8, 4) is 0 Å². The minimum absolute atomic E-state index is 0.283. The second-order valence-corrected chi connectivity index (χ2v) is 7.55. The third-order valence-corrected chi connectivity index (χ3v) is 5.37. The molecule has 114 valence electrons. The van der Waals surface area contributed by atoms with E-state index in [1.54, 1.807) is 30.3 Å². The molecule has 2 aromatic rings. The summed E-state index contributed by atoms with van der Waals surface area (Å²) in [6, 6.07) is 10.5. The van der Waals surface area contributed by atoms with Crippen molar-refractivity contribution in [1.82, 2.24) is 4.72 Å². The molecule has 0 aliphatic carbocycles. The van der Waals surface area contributed by atoms with Gasteiger partial charge >= 0.3 is 0 Å². The van der Waals surface area contributed by atoms with E-state index in [4.69, 9.17) is 5.73 Å². The largest absolute Gasteiger partial charge is 0.399 e. The normalized spacial score (nSPS) is 13.7. The molecule has 0 spiro atoms. The van der Waals surface area contributed by atoms with Crippen LogP contribution >= 0.6 is 0 Å². The summed E-state index contributed by atoms with van der Waals surface area (Å²) in [4.78, 5) is 0.302. The zero-order valence-corrected chi connectivity index (χ0v) is 13.4. The molecule has 0 heterocycles. The van der Waals surface area contributed by atoms with Gasteiger partial charge in [0.2, 0.25) is 10.0 Å². The van der Waals surface area contributed by atoms with E-state index in [-0.39, 0.29) is 5.92 Å². The molecule has 4 nitrogen and oxygen atoms in total. The van der Waals surface area contributed by atoms with E-state index in [2.05, 4.69) is 18.6 Å². The molecule has 0 fully saturated rings. The summed E-state index contributed by atoms with van der Waals surface area (Å²) in [5, 5.41) is 1.52. The van der Waals surface area contributed by atoms with Gasteiger partial charge in [0.05, 0.1) is 4.90 Å². The van der Waals surface area contributed by atoms with Gasteiger partial charge in [0, 0.05) is 17.6 Å². The smallest absolute Gasteiger partial charge is 0.241 e. The summed E-state index contributed by atoms with van der Waals surface area (Å²) in [5.41, 5.74) is 6.37. The number of rotatable bonds is 5. The van der Waals surface area contributed by atoms with E-state index in [9.17, 15) is 8.42 Å². The zero-order valence-electron chi connectivity index (χ0n) is 12.6. The fourth-order valence-corrected chi connectivity index (χ4v) is 3.43. The first-order valence-electron chi connectivity index (χ1n) is 7.09. The molecule has 0 bridgehead atoms. The van der Waals surface area contributed by atoms with Crippen LogP contribution in [0.5, 0.6) is 0 Å². The molecule has 1 atom stereocenters. The maximum Gasteiger partial charge on any atom is 0.241 e. The molecule has 21 heavy (non-hydrogen) atoms. The first-order valence-corrected chi connectivity index (χ1v) is 8.57. The number of nitrogens with two attached hydrogens (primary N) is 1. The molecule has 2 rings (SSSR count). The monoisotopic (exact) mass is 306 g/mol. The van der Waals surface area contributed by atoms with Crippen LogP contribution in [0.1, 0.15) is 20.8 Å². The highest BCUT2D eigenvalue weighted by atomic mass is 32.2. The molecule has 3 N–H and O–H groups in total. The van der Waals surface area contributed by atoms with Gasteiger partial charge in [-0.1, -0.05) is 39.0 Å². The summed E-state index contributed by atoms with van der Waals surface area (Å²) in [5.74, 6) is 0.713. The number of hydrogen-bond acceptors (Lipinski definition) is 3. The van der Waals surface area contributed by atoms with Crippen molar-refractivity contribution in [2.75, 3.05) is 12.3 Å². The number of anilines is 1. The van der Waals surface area contributed by atoms with Crippen molar-refractivity contribution in [1.29, 1.82) is 0 Å². The molecule has 0 saturated heterocycles. The van der Waals surface area contributed by atoms with Gasteiger partial charge < -0.3 is 5.73 Å². The van der Waals surface area contributed by atoms with Gasteiger partial charge in [-0.15, -0.1) is 0 Å². The summed E-state index contributed by atoms with van der Waals surface area (Å²) in [6.07, 6.45) is 0. The quantitative estimate of drug-likeness (QED) is 0.834. The SMILES string of the molecule is CC(C)C(C)CNS(=O)(=O)c1cccc2cc(N)ccc12. The fraction of sp³-hybridized carbons (Fsp3) is 0.375. The summed E-state index contributed by atoms with van der Waals surface area (Å²) >= 11 is 0. The van der Waals surface area contributed by atoms with Crippen LogP contribution in [0.25, 0.3) is 10.8 Å². The van der Waals surface area contributed by atoms with Crippen LogP contribution < -0.4 is 10.5 Å². The Morgan fingerprint density at radius 3 is 2.52 bits per heavy atom. The first-order chi connectivity index (χ1) is 9.81. The van der Waals surface area contributed by atoms with Gasteiger partial charge in [0.1, 0.15) is 0 Å². The summed E-state index contributed by atoms with van der Waals surface area (Å²) in [6.45, 7) is 6.64. The van der Waals surface area contributed by atoms with Gasteiger partial charge in [0.25, 0.3) is 0 Å². The number of nitrogens with one attached hydrogen (secondary N) is 1. The second-order valence-electron chi connectivity index (χ2n) is 5.81. The molecule has 0 radical (unpaired) electrons. The minimum Gasteiger partial charge on any atom is -0.399 e. The molecule has 2 aromatic carbocycles. The molecule has 1 unspecified atom stereocenters. The molecule has 0 aromatic heterocycles. The number of fused-ring (bicyclic) bond motifs is 1. The van der Waals surface area contributed by atoms with Crippen molar-refractivity contribution in [3.63, 3.8) is 0 Å². The van der Waals surface area contributed by atoms with Gasteiger partial charge in [-0.2, -0.15) is 0 Å². The molecule has 0 saturated carbocycles. The van der Waals surface area contributed by atoms with Crippen LogP contribution in [-0.4, -0.2) is 15.0 Å². The van der Waals surface area contributed by atoms with Crippen molar-refractivity contribution in [2.24, 2.45) is 11.8 Å². The number of sulfonamides is 1. The Balaban J connectivity index is 2.36. The van der Waals surface area contributed by atoms with Crippen molar-refractivity contribution < 1.29 is 8.42 Å². The number of hydrogen-bond donors (Lipinski definition) is 2. The van der Waals surface area contributed by atoms with Gasteiger partial charge in [0.15, 0.2) is 0 Å². The van der Waals surface area contributed by atoms with Crippen LogP contribution in [0, 0.1) is 11.8 Å². The highest BCUT2D eigenvalue weighted by molar-refractivity contribution is 7.89. The molecule has 5 heteroatoms. The van der Waals surface area contributed by atoms with Gasteiger partial charge in [-0.3, -0.25) is 0 Å². The molecular weight excluding hydrogens is 284 g/mol.